The number of nitrogens with one attached hydrogen (secondary N) is 1. The number of carbonyl (C=O) groups excluding carboxylic acids is 1. The van der Waals surface area contributed by atoms with Gasteiger partial charge in [0.15, 0.2) is 0 Å². The van der Waals surface area contributed by atoms with Gasteiger partial charge in [-0.2, -0.15) is 0 Å². The summed E-state index contributed by atoms with van der Waals surface area (Å²) in [7, 11) is 0. The molecule has 2 aliphatic rings. The van der Waals surface area contributed by atoms with E-state index < -0.39 is 0 Å². The number of carbonyl (C=O) groups is 1. The first kappa shape index (κ1) is 13.6. The lowest BCUT2D eigenvalue weighted by Gasteiger charge is -2.34. The van der Waals surface area contributed by atoms with Gasteiger partial charge in [0, 0.05) is 18.0 Å². The third kappa shape index (κ3) is 2.88. The molecule has 1 fully saturated rings. The highest BCUT2D eigenvalue weighted by Crippen LogP contribution is 2.32. The van der Waals surface area contributed by atoms with Crippen LogP contribution in [0.1, 0.15) is 55.7 Å². The molecule has 1 aromatic carbocycles. The van der Waals surface area contributed by atoms with Gasteiger partial charge in [-0.1, -0.05) is 24.3 Å². The van der Waals surface area contributed by atoms with E-state index in [1.54, 1.807) is 0 Å². The second-order valence-electron chi connectivity index (χ2n) is 6.26. The molecule has 0 radical (unpaired) electrons. The summed E-state index contributed by atoms with van der Waals surface area (Å²) in [6, 6.07) is 9.84. The highest BCUT2D eigenvalue weighted by Gasteiger charge is 2.27. The maximum atomic E-state index is 11.2. The molecule has 0 bridgehead atoms. The Labute approximate surface area is 120 Å². The number of rotatable bonds is 3. The van der Waals surface area contributed by atoms with Crippen LogP contribution in [0.25, 0.3) is 0 Å². The molecule has 1 amide bonds. The van der Waals surface area contributed by atoms with Gasteiger partial charge in [-0.15, -0.1) is 0 Å². The minimum atomic E-state index is -0.119. The topological polar surface area (TPSA) is 55.1 Å². The van der Waals surface area contributed by atoms with Gasteiger partial charge in [0.25, 0.3) is 0 Å². The molecule has 0 aromatic heterocycles. The first-order chi connectivity index (χ1) is 9.74. The number of aryl methyl sites for hydroxylation is 1. The number of hydrogen-bond acceptors (Lipinski definition) is 2. The van der Waals surface area contributed by atoms with E-state index in [1.165, 1.54) is 30.4 Å². The van der Waals surface area contributed by atoms with Crippen molar-refractivity contribution in [2.24, 2.45) is 11.7 Å². The highest BCUT2D eigenvalue weighted by molar-refractivity contribution is 5.76. The zero-order valence-electron chi connectivity index (χ0n) is 12.0. The molecule has 3 nitrogen and oxygen atoms in total. The Kier molecular flexibility index (Phi) is 4.06. The molecule has 3 rings (SSSR count). The molecule has 108 valence electrons. The SMILES string of the molecule is NC(=O)C1CCC(NC2CCCc3ccccc32)CC1. The molecular weight excluding hydrogens is 248 g/mol. The molecule has 20 heavy (non-hydrogen) atoms. The zero-order valence-corrected chi connectivity index (χ0v) is 12.0. The van der Waals surface area contributed by atoms with E-state index in [4.69, 9.17) is 5.73 Å². The second kappa shape index (κ2) is 5.96. The summed E-state index contributed by atoms with van der Waals surface area (Å²) in [5, 5.41) is 3.82. The number of amides is 1. The van der Waals surface area contributed by atoms with Gasteiger partial charge in [0.1, 0.15) is 0 Å². The van der Waals surface area contributed by atoms with Crippen LogP contribution in [-0.4, -0.2) is 11.9 Å². The predicted octanol–water partition coefficient (Wildman–Crippen LogP) is 2.70. The van der Waals surface area contributed by atoms with E-state index in [-0.39, 0.29) is 11.8 Å². The van der Waals surface area contributed by atoms with Crippen LogP contribution in [0, 0.1) is 5.92 Å². The van der Waals surface area contributed by atoms with Crippen molar-refractivity contribution in [2.75, 3.05) is 0 Å². The van der Waals surface area contributed by atoms with E-state index in [2.05, 4.69) is 29.6 Å². The first-order valence-corrected chi connectivity index (χ1v) is 7.87. The van der Waals surface area contributed by atoms with Crippen LogP contribution < -0.4 is 11.1 Å². The lowest BCUT2D eigenvalue weighted by Crippen LogP contribution is -2.39. The minimum absolute atomic E-state index is 0.103. The van der Waals surface area contributed by atoms with E-state index in [0.717, 1.165) is 25.7 Å². The zero-order chi connectivity index (χ0) is 13.9. The van der Waals surface area contributed by atoms with Gasteiger partial charge < -0.3 is 11.1 Å². The van der Waals surface area contributed by atoms with Crippen molar-refractivity contribution in [3.05, 3.63) is 35.4 Å². The van der Waals surface area contributed by atoms with Crippen molar-refractivity contribution in [2.45, 2.75) is 57.0 Å². The molecule has 0 aliphatic heterocycles. The quantitative estimate of drug-likeness (QED) is 0.889. The molecule has 1 unspecified atom stereocenters. The van der Waals surface area contributed by atoms with Crippen molar-refractivity contribution in [3.8, 4) is 0 Å². The van der Waals surface area contributed by atoms with Crippen LogP contribution in [0.3, 0.4) is 0 Å². The Hall–Kier alpha value is -1.35. The van der Waals surface area contributed by atoms with Crippen LogP contribution in [0.5, 0.6) is 0 Å². The van der Waals surface area contributed by atoms with E-state index >= 15 is 0 Å². The van der Waals surface area contributed by atoms with Crippen molar-refractivity contribution < 1.29 is 4.79 Å². The summed E-state index contributed by atoms with van der Waals surface area (Å²) >= 11 is 0. The molecule has 1 atom stereocenters. The fourth-order valence-corrected chi connectivity index (χ4v) is 3.76. The van der Waals surface area contributed by atoms with Gasteiger partial charge in [0.2, 0.25) is 5.91 Å². The minimum Gasteiger partial charge on any atom is -0.369 e. The fraction of sp³-hybridized carbons (Fsp3) is 0.588. The third-order valence-electron chi connectivity index (χ3n) is 4.94. The van der Waals surface area contributed by atoms with Gasteiger partial charge in [-0.05, 0) is 56.1 Å². The first-order valence-electron chi connectivity index (χ1n) is 7.87. The Bertz CT molecular complexity index is 478. The summed E-state index contributed by atoms with van der Waals surface area (Å²) in [5.41, 5.74) is 8.38. The second-order valence-corrected chi connectivity index (χ2v) is 6.26. The Morgan fingerprint density at radius 3 is 2.60 bits per heavy atom. The predicted molar refractivity (Wildman–Crippen MR) is 80.2 cm³/mol. The van der Waals surface area contributed by atoms with Crippen LogP contribution in [0.15, 0.2) is 24.3 Å². The summed E-state index contributed by atoms with van der Waals surface area (Å²) in [5.74, 6) is -0.0156. The summed E-state index contributed by atoms with van der Waals surface area (Å²) in [4.78, 5) is 11.2. The van der Waals surface area contributed by atoms with Crippen LogP contribution >= 0.6 is 0 Å². The maximum Gasteiger partial charge on any atom is 0.220 e. The molecule has 0 saturated heterocycles. The molecule has 3 heteroatoms. The maximum absolute atomic E-state index is 11.2. The van der Waals surface area contributed by atoms with E-state index in [0.29, 0.717) is 12.1 Å². The van der Waals surface area contributed by atoms with Crippen LogP contribution in [0.2, 0.25) is 0 Å². The van der Waals surface area contributed by atoms with E-state index in [1.807, 2.05) is 0 Å². The Balaban J connectivity index is 1.61. The number of hydrogen-bond donors (Lipinski definition) is 2. The van der Waals surface area contributed by atoms with Crippen LogP contribution in [0.4, 0.5) is 0 Å². The summed E-state index contributed by atoms with van der Waals surface area (Å²) in [6.07, 6.45) is 7.75. The van der Waals surface area contributed by atoms with Crippen molar-refractivity contribution in [1.82, 2.24) is 5.32 Å². The molecule has 2 aliphatic carbocycles. The molecule has 1 aromatic rings. The van der Waals surface area contributed by atoms with Gasteiger partial charge >= 0.3 is 0 Å². The third-order valence-corrected chi connectivity index (χ3v) is 4.94. The van der Waals surface area contributed by atoms with Gasteiger partial charge in [-0.3, -0.25) is 4.79 Å². The monoisotopic (exact) mass is 272 g/mol. The Morgan fingerprint density at radius 2 is 1.85 bits per heavy atom. The largest absolute Gasteiger partial charge is 0.369 e. The van der Waals surface area contributed by atoms with E-state index in [9.17, 15) is 4.79 Å². The number of primary amides is 1. The fourth-order valence-electron chi connectivity index (χ4n) is 3.76. The number of benzene rings is 1. The molecule has 0 spiro atoms. The highest BCUT2D eigenvalue weighted by atomic mass is 16.1. The smallest absolute Gasteiger partial charge is 0.220 e. The molecule has 1 saturated carbocycles. The van der Waals surface area contributed by atoms with Gasteiger partial charge in [0.05, 0.1) is 0 Å². The summed E-state index contributed by atoms with van der Waals surface area (Å²) < 4.78 is 0. The molecule has 3 N–H and O–H groups in total. The molecular formula is C17H24N2O. The Morgan fingerprint density at radius 1 is 1.10 bits per heavy atom. The number of nitrogens with two attached hydrogens (primary N) is 1. The lowest BCUT2D eigenvalue weighted by molar-refractivity contribution is -0.122. The number of fused-ring (bicyclic) bond motifs is 1. The normalized spacial score (nSPS) is 29.7. The average Bonchev–Trinajstić information content (AvgIpc) is 2.48. The standard InChI is InChI=1S/C17H24N2O/c18-17(20)13-8-10-14(11-9-13)19-16-7-3-5-12-4-1-2-6-15(12)16/h1-2,4,6,13-14,16,19H,3,5,7-11H2,(H2,18,20). The lowest BCUT2D eigenvalue weighted by atomic mass is 9.83. The average molecular weight is 272 g/mol. The summed E-state index contributed by atoms with van der Waals surface area (Å²) in [6.45, 7) is 0. The van der Waals surface area contributed by atoms with Gasteiger partial charge in [-0.25, -0.2) is 0 Å². The van der Waals surface area contributed by atoms with Crippen molar-refractivity contribution in [1.29, 1.82) is 0 Å². The van der Waals surface area contributed by atoms with Crippen molar-refractivity contribution in [3.63, 3.8) is 0 Å². The molecule has 0 heterocycles. The van der Waals surface area contributed by atoms with Crippen molar-refractivity contribution >= 4 is 5.91 Å². The van der Waals surface area contributed by atoms with Crippen LogP contribution in [-0.2, 0) is 11.2 Å².